The first-order valence-electron chi connectivity index (χ1n) is 8.96. The molecule has 0 aliphatic carbocycles. The van der Waals surface area contributed by atoms with Crippen LogP contribution in [0.25, 0.3) is 0 Å². The molecule has 0 saturated carbocycles. The highest BCUT2D eigenvalue weighted by atomic mass is 32.2. The smallest absolute Gasteiger partial charge is 0.261 e. The van der Waals surface area contributed by atoms with Crippen LogP contribution in [-0.2, 0) is 21.2 Å². The molecule has 0 bridgehead atoms. The lowest BCUT2D eigenvalue weighted by atomic mass is 10.1. The van der Waals surface area contributed by atoms with Gasteiger partial charge >= 0.3 is 0 Å². The summed E-state index contributed by atoms with van der Waals surface area (Å²) in [6, 6.07) is 22.9. The van der Waals surface area contributed by atoms with Crippen molar-refractivity contribution in [3.63, 3.8) is 0 Å². The van der Waals surface area contributed by atoms with Gasteiger partial charge in [0, 0.05) is 17.8 Å². The molecule has 0 unspecified atom stereocenters. The first-order valence-corrected chi connectivity index (χ1v) is 10.4. The molecule has 144 valence electrons. The van der Waals surface area contributed by atoms with Crippen molar-refractivity contribution in [1.82, 2.24) is 0 Å². The number of para-hydroxylation sites is 1. The Kier molecular flexibility index (Phi) is 6.11. The second-order valence-electron chi connectivity index (χ2n) is 6.53. The Hall–Kier alpha value is -3.12. The first-order chi connectivity index (χ1) is 13.4. The summed E-state index contributed by atoms with van der Waals surface area (Å²) >= 11 is 0. The maximum atomic E-state index is 12.4. The van der Waals surface area contributed by atoms with Gasteiger partial charge in [-0.2, -0.15) is 0 Å². The summed E-state index contributed by atoms with van der Waals surface area (Å²) in [6.07, 6.45) is 1.01. The van der Waals surface area contributed by atoms with Crippen LogP contribution in [0.15, 0.2) is 83.8 Å². The van der Waals surface area contributed by atoms with Gasteiger partial charge in [0.15, 0.2) is 0 Å². The molecular weight excluding hydrogens is 372 g/mol. The van der Waals surface area contributed by atoms with E-state index in [0.29, 0.717) is 24.2 Å². The van der Waals surface area contributed by atoms with E-state index in [1.807, 2.05) is 37.3 Å². The molecule has 3 aromatic carbocycles. The number of hydrogen-bond donors (Lipinski definition) is 2. The number of amides is 1. The van der Waals surface area contributed by atoms with Gasteiger partial charge in [-0.15, -0.1) is 0 Å². The number of sulfonamides is 1. The predicted octanol–water partition coefficient (Wildman–Crippen LogP) is 4.37. The topological polar surface area (TPSA) is 75.3 Å². The van der Waals surface area contributed by atoms with Crippen molar-refractivity contribution in [2.24, 2.45) is 0 Å². The normalized spacial score (nSPS) is 11.0. The molecule has 1 amide bonds. The van der Waals surface area contributed by atoms with Crippen LogP contribution in [0.5, 0.6) is 0 Å². The van der Waals surface area contributed by atoms with Gasteiger partial charge in [0.1, 0.15) is 0 Å². The summed E-state index contributed by atoms with van der Waals surface area (Å²) in [5.74, 6) is -0.112. The van der Waals surface area contributed by atoms with Crippen LogP contribution in [0.2, 0.25) is 0 Å². The summed E-state index contributed by atoms with van der Waals surface area (Å²) in [5, 5.41) is 2.80. The van der Waals surface area contributed by atoms with E-state index in [1.54, 1.807) is 36.4 Å². The van der Waals surface area contributed by atoms with Crippen molar-refractivity contribution < 1.29 is 13.2 Å². The fraction of sp³-hybridized carbons (Fsp3) is 0.136. The number of nitrogens with one attached hydrogen (secondary N) is 2. The lowest BCUT2D eigenvalue weighted by Crippen LogP contribution is -2.14. The standard InChI is InChI=1S/C22H22N2O3S/c1-17-7-9-18(10-8-17)11-16-22(25)23-19-12-14-21(15-13-19)28(26,27)24-20-5-3-2-4-6-20/h2-10,12-15,24H,11,16H2,1H3,(H,23,25). The molecule has 3 rings (SSSR count). The molecular formula is C22H22N2O3S. The van der Waals surface area contributed by atoms with Crippen LogP contribution in [0.1, 0.15) is 17.5 Å². The summed E-state index contributed by atoms with van der Waals surface area (Å²) in [4.78, 5) is 12.3. The molecule has 5 nitrogen and oxygen atoms in total. The Morgan fingerprint density at radius 1 is 0.821 bits per heavy atom. The SMILES string of the molecule is Cc1ccc(CCC(=O)Nc2ccc(S(=O)(=O)Nc3ccccc3)cc2)cc1. The number of carbonyl (C=O) groups is 1. The minimum Gasteiger partial charge on any atom is -0.326 e. The molecule has 0 aromatic heterocycles. The Labute approximate surface area is 165 Å². The zero-order chi connectivity index (χ0) is 20.0. The number of hydrogen-bond acceptors (Lipinski definition) is 3. The Bertz CT molecular complexity index is 1030. The zero-order valence-corrected chi connectivity index (χ0v) is 16.4. The molecule has 0 aliphatic rings. The van der Waals surface area contributed by atoms with Crippen molar-refractivity contribution in [3.8, 4) is 0 Å². The minimum atomic E-state index is -3.67. The largest absolute Gasteiger partial charge is 0.326 e. The molecule has 0 heterocycles. The van der Waals surface area contributed by atoms with E-state index in [-0.39, 0.29) is 10.8 Å². The van der Waals surface area contributed by atoms with E-state index in [1.165, 1.54) is 17.7 Å². The maximum absolute atomic E-state index is 12.4. The maximum Gasteiger partial charge on any atom is 0.261 e. The summed E-state index contributed by atoms with van der Waals surface area (Å²) in [6.45, 7) is 2.02. The quantitative estimate of drug-likeness (QED) is 0.625. The molecule has 0 aliphatic heterocycles. The highest BCUT2D eigenvalue weighted by Crippen LogP contribution is 2.18. The van der Waals surface area contributed by atoms with E-state index in [2.05, 4.69) is 10.0 Å². The van der Waals surface area contributed by atoms with Crippen LogP contribution in [0, 0.1) is 6.92 Å². The minimum absolute atomic E-state index is 0.112. The number of benzene rings is 3. The monoisotopic (exact) mass is 394 g/mol. The summed E-state index contributed by atoms with van der Waals surface area (Å²) in [7, 11) is -3.67. The number of rotatable bonds is 7. The third-order valence-electron chi connectivity index (χ3n) is 4.24. The molecule has 3 aromatic rings. The number of aryl methyl sites for hydroxylation is 2. The second kappa shape index (κ2) is 8.71. The van der Waals surface area contributed by atoms with Crippen LogP contribution >= 0.6 is 0 Å². The average molecular weight is 394 g/mol. The fourth-order valence-electron chi connectivity index (χ4n) is 2.67. The van der Waals surface area contributed by atoms with E-state index < -0.39 is 10.0 Å². The van der Waals surface area contributed by atoms with Gasteiger partial charge < -0.3 is 5.32 Å². The lowest BCUT2D eigenvalue weighted by Gasteiger charge is -2.09. The van der Waals surface area contributed by atoms with E-state index in [9.17, 15) is 13.2 Å². The molecule has 0 fully saturated rings. The van der Waals surface area contributed by atoms with Gasteiger partial charge in [0.2, 0.25) is 5.91 Å². The van der Waals surface area contributed by atoms with Crippen molar-refractivity contribution in [3.05, 3.63) is 90.0 Å². The van der Waals surface area contributed by atoms with Gasteiger partial charge in [-0.1, -0.05) is 48.0 Å². The van der Waals surface area contributed by atoms with E-state index >= 15 is 0 Å². The Morgan fingerprint density at radius 3 is 2.11 bits per heavy atom. The molecule has 6 heteroatoms. The Balaban J connectivity index is 1.57. The van der Waals surface area contributed by atoms with Gasteiger partial charge in [-0.3, -0.25) is 9.52 Å². The van der Waals surface area contributed by atoms with Crippen LogP contribution < -0.4 is 10.0 Å². The van der Waals surface area contributed by atoms with Crippen molar-refractivity contribution in [2.45, 2.75) is 24.7 Å². The Morgan fingerprint density at radius 2 is 1.46 bits per heavy atom. The van der Waals surface area contributed by atoms with Crippen LogP contribution in [-0.4, -0.2) is 14.3 Å². The number of carbonyl (C=O) groups excluding carboxylic acids is 1. The molecule has 28 heavy (non-hydrogen) atoms. The third kappa shape index (κ3) is 5.44. The zero-order valence-electron chi connectivity index (χ0n) is 15.6. The van der Waals surface area contributed by atoms with Gasteiger partial charge in [0.05, 0.1) is 4.90 Å². The van der Waals surface area contributed by atoms with Gasteiger partial charge in [-0.25, -0.2) is 8.42 Å². The van der Waals surface area contributed by atoms with Gasteiger partial charge in [-0.05, 0) is 55.3 Å². The average Bonchev–Trinajstić information content (AvgIpc) is 2.68. The molecule has 0 spiro atoms. The van der Waals surface area contributed by atoms with E-state index in [4.69, 9.17) is 0 Å². The summed E-state index contributed by atoms with van der Waals surface area (Å²) < 4.78 is 27.4. The summed E-state index contributed by atoms with van der Waals surface area (Å²) in [5.41, 5.74) is 3.35. The highest BCUT2D eigenvalue weighted by molar-refractivity contribution is 7.92. The number of anilines is 2. The lowest BCUT2D eigenvalue weighted by molar-refractivity contribution is -0.116. The van der Waals surface area contributed by atoms with E-state index in [0.717, 1.165) is 5.56 Å². The van der Waals surface area contributed by atoms with Crippen LogP contribution in [0.3, 0.4) is 0 Å². The molecule has 0 radical (unpaired) electrons. The van der Waals surface area contributed by atoms with Crippen molar-refractivity contribution >= 4 is 27.3 Å². The molecule has 2 N–H and O–H groups in total. The van der Waals surface area contributed by atoms with Crippen molar-refractivity contribution in [1.29, 1.82) is 0 Å². The van der Waals surface area contributed by atoms with Gasteiger partial charge in [0.25, 0.3) is 10.0 Å². The van der Waals surface area contributed by atoms with Crippen molar-refractivity contribution in [2.75, 3.05) is 10.0 Å². The third-order valence-corrected chi connectivity index (χ3v) is 5.63. The van der Waals surface area contributed by atoms with Crippen LogP contribution in [0.4, 0.5) is 11.4 Å². The second-order valence-corrected chi connectivity index (χ2v) is 8.21. The first kappa shape index (κ1) is 19.6. The highest BCUT2D eigenvalue weighted by Gasteiger charge is 2.14. The molecule has 0 atom stereocenters. The predicted molar refractivity (Wildman–Crippen MR) is 112 cm³/mol. The molecule has 0 saturated heterocycles. The fourth-order valence-corrected chi connectivity index (χ4v) is 3.73.